The van der Waals surface area contributed by atoms with Gasteiger partial charge < -0.3 is 9.31 Å². The second-order valence-electron chi connectivity index (χ2n) is 5.32. The standard InChI is InChI=1S/C10H19BO2/c1-9(2)10(3,4)13-11(12-9)8-6-5-7-8/h8H,5-7H2,1-4H3. The molecule has 1 aliphatic heterocycles. The quantitative estimate of drug-likeness (QED) is 0.580. The molecule has 0 aromatic rings. The summed E-state index contributed by atoms with van der Waals surface area (Å²) in [7, 11) is 0.0544. The molecule has 0 amide bonds. The molecule has 0 unspecified atom stereocenters. The summed E-state index contributed by atoms with van der Waals surface area (Å²) in [5, 5.41) is 0. The van der Waals surface area contributed by atoms with Crippen molar-refractivity contribution in [2.24, 2.45) is 0 Å². The summed E-state index contributed by atoms with van der Waals surface area (Å²) in [6.07, 6.45) is 3.89. The maximum absolute atomic E-state index is 5.95. The van der Waals surface area contributed by atoms with E-state index in [4.69, 9.17) is 9.31 Å². The van der Waals surface area contributed by atoms with E-state index in [0.717, 1.165) is 0 Å². The predicted octanol–water partition coefficient (Wildman–Crippen LogP) is 2.63. The fourth-order valence-electron chi connectivity index (χ4n) is 1.79. The van der Waals surface area contributed by atoms with Crippen molar-refractivity contribution in [2.75, 3.05) is 0 Å². The third-order valence-corrected chi connectivity index (χ3v) is 3.81. The van der Waals surface area contributed by atoms with Crippen molar-refractivity contribution in [1.82, 2.24) is 0 Å². The lowest BCUT2D eigenvalue weighted by Crippen LogP contribution is -2.41. The molecule has 0 spiro atoms. The van der Waals surface area contributed by atoms with E-state index in [1.807, 2.05) is 0 Å². The molecule has 1 saturated carbocycles. The highest BCUT2D eigenvalue weighted by molar-refractivity contribution is 6.47. The molecule has 2 fully saturated rings. The van der Waals surface area contributed by atoms with E-state index in [2.05, 4.69) is 27.7 Å². The Hall–Kier alpha value is -0.0151. The molecule has 13 heavy (non-hydrogen) atoms. The van der Waals surface area contributed by atoms with Crippen LogP contribution in [0.1, 0.15) is 47.0 Å². The van der Waals surface area contributed by atoms with Crippen molar-refractivity contribution in [1.29, 1.82) is 0 Å². The highest BCUT2D eigenvalue weighted by Crippen LogP contribution is 2.45. The lowest BCUT2D eigenvalue weighted by molar-refractivity contribution is 0.00578. The van der Waals surface area contributed by atoms with E-state index >= 15 is 0 Å². The average Bonchev–Trinajstić information content (AvgIpc) is 1.96. The van der Waals surface area contributed by atoms with Crippen LogP contribution in [0.25, 0.3) is 0 Å². The monoisotopic (exact) mass is 182 g/mol. The van der Waals surface area contributed by atoms with Crippen LogP contribution in [-0.4, -0.2) is 18.3 Å². The Bertz CT molecular complexity index is 193. The second-order valence-corrected chi connectivity index (χ2v) is 5.32. The normalized spacial score (nSPS) is 31.8. The summed E-state index contributed by atoms with van der Waals surface area (Å²) >= 11 is 0. The predicted molar refractivity (Wildman–Crippen MR) is 53.7 cm³/mol. The lowest BCUT2D eigenvalue weighted by atomic mass is 9.60. The first-order chi connectivity index (χ1) is 5.92. The van der Waals surface area contributed by atoms with Crippen LogP contribution in [0.3, 0.4) is 0 Å². The van der Waals surface area contributed by atoms with Gasteiger partial charge in [-0.15, -0.1) is 0 Å². The Labute approximate surface area is 81.1 Å². The van der Waals surface area contributed by atoms with E-state index in [9.17, 15) is 0 Å². The molecule has 1 heterocycles. The summed E-state index contributed by atoms with van der Waals surface area (Å²) in [5.74, 6) is 0.654. The van der Waals surface area contributed by atoms with E-state index < -0.39 is 0 Å². The molecule has 74 valence electrons. The van der Waals surface area contributed by atoms with Crippen LogP contribution in [0.4, 0.5) is 0 Å². The smallest absolute Gasteiger partial charge is 0.403 e. The van der Waals surface area contributed by atoms with Gasteiger partial charge in [0.1, 0.15) is 0 Å². The van der Waals surface area contributed by atoms with Gasteiger partial charge in [0.15, 0.2) is 0 Å². The summed E-state index contributed by atoms with van der Waals surface area (Å²) in [4.78, 5) is 0. The van der Waals surface area contributed by atoms with Gasteiger partial charge in [-0.25, -0.2) is 0 Å². The van der Waals surface area contributed by atoms with Crippen LogP contribution in [-0.2, 0) is 9.31 Å². The highest BCUT2D eigenvalue weighted by Gasteiger charge is 2.54. The van der Waals surface area contributed by atoms with Crippen LogP contribution in [0, 0.1) is 0 Å². The molecule has 0 radical (unpaired) electrons. The Morgan fingerprint density at radius 1 is 1.00 bits per heavy atom. The first-order valence-electron chi connectivity index (χ1n) is 5.28. The zero-order valence-corrected chi connectivity index (χ0v) is 9.09. The van der Waals surface area contributed by atoms with Crippen molar-refractivity contribution in [2.45, 2.75) is 64.0 Å². The van der Waals surface area contributed by atoms with Gasteiger partial charge in [0, 0.05) is 0 Å². The molecular weight excluding hydrogens is 163 g/mol. The fraction of sp³-hybridized carbons (Fsp3) is 1.00. The third kappa shape index (κ3) is 1.42. The summed E-state index contributed by atoms with van der Waals surface area (Å²) in [5.41, 5.74) is -0.291. The van der Waals surface area contributed by atoms with Crippen LogP contribution < -0.4 is 0 Å². The Morgan fingerprint density at radius 3 is 1.77 bits per heavy atom. The lowest BCUT2D eigenvalue weighted by Gasteiger charge is -2.32. The van der Waals surface area contributed by atoms with Crippen molar-refractivity contribution in [3.05, 3.63) is 0 Å². The van der Waals surface area contributed by atoms with Crippen molar-refractivity contribution in [3.8, 4) is 0 Å². The number of hydrogen-bond acceptors (Lipinski definition) is 2. The minimum Gasteiger partial charge on any atom is -0.403 e. The maximum Gasteiger partial charge on any atom is 0.461 e. The Balaban J connectivity index is 2.05. The fourth-order valence-corrected chi connectivity index (χ4v) is 1.79. The van der Waals surface area contributed by atoms with E-state index in [0.29, 0.717) is 5.82 Å². The number of rotatable bonds is 1. The minimum absolute atomic E-state index is 0.0544. The van der Waals surface area contributed by atoms with Crippen LogP contribution in [0.15, 0.2) is 0 Å². The van der Waals surface area contributed by atoms with Gasteiger partial charge in [0.2, 0.25) is 0 Å². The molecular formula is C10H19BO2. The van der Waals surface area contributed by atoms with Crippen molar-refractivity contribution < 1.29 is 9.31 Å². The maximum atomic E-state index is 5.95. The minimum atomic E-state index is -0.146. The van der Waals surface area contributed by atoms with E-state index in [1.165, 1.54) is 19.3 Å². The third-order valence-electron chi connectivity index (χ3n) is 3.81. The van der Waals surface area contributed by atoms with E-state index in [-0.39, 0.29) is 18.3 Å². The second kappa shape index (κ2) is 2.74. The van der Waals surface area contributed by atoms with Gasteiger partial charge in [-0.2, -0.15) is 0 Å². The van der Waals surface area contributed by atoms with E-state index in [1.54, 1.807) is 0 Å². The molecule has 3 heteroatoms. The summed E-state index contributed by atoms with van der Waals surface area (Å²) in [6.45, 7) is 8.47. The van der Waals surface area contributed by atoms with Gasteiger partial charge in [-0.1, -0.05) is 19.3 Å². The SMILES string of the molecule is CC1(C)OB(C2CCC2)OC1(C)C. The van der Waals surface area contributed by atoms with Gasteiger partial charge >= 0.3 is 7.12 Å². The largest absolute Gasteiger partial charge is 0.461 e. The Kier molecular flexibility index (Phi) is 2.01. The summed E-state index contributed by atoms with van der Waals surface area (Å²) < 4.78 is 11.9. The van der Waals surface area contributed by atoms with Crippen molar-refractivity contribution in [3.63, 3.8) is 0 Å². The van der Waals surface area contributed by atoms with Gasteiger partial charge in [0.05, 0.1) is 11.2 Å². The zero-order valence-electron chi connectivity index (χ0n) is 9.09. The van der Waals surface area contributed by atoms with Crippen LogP contribution in [0.5, 0.6) is 0 Å². The van der Waals surface area contributed by atoms with Gasteiger partial charge in [-0.05, 0) is 33.5 Å². The van der Waals surface area contributed by atoms with Crippen LogP contribution in [0.2, 0.25) is 5.82 Å². The van der Waals surface area contributed by atoms with Crippen LogP contribution >= 0.6 is 0 Å². The zero-order chi connectivity index (χ0) is 9.69. The molecule has 2 rings (SSSR count). The molecule has 1 saturated heterocycles. The number of hydrogen-bond donors (Lipinski definition) is 0. The van der Waals surface area contributed by atoms with Gasteiger partial charge in [0.25, 0.3) is 0 Å². The molecule has 2 aliphatic rings. The molecule has 2 nitrogen and oxygen atoms in total. The molecule has 0 N–H and O–H groups in total. The average molecular weight is 182 g/mol. The topological polar surface area (TPSA) is 18.5 Å². The Morgan fingerprint density at radius 2 is 1.46 bits per heavy atom. The highest BCUT2D eigenvalue weighted by atomic mass is 16.7. The molecule has 1 aliphatic carbocycles. The first kappa shape index (κ1) is 9.54. The molecule has 0 bridgehead atoms. The molecule has 0 aromatic heterocycles. The van der Waals surface area contributed by atoms with Gasteiger partial charge in [-0.3, -0.25) is 0 Å². The first-order valence-corrected chi connectivity index (χ1v) is 5.28. The molecule has 0 aromatic carbocycles. The summed E-state index contributed by atoms with van der Waals surface area (Å²) in [6, 6.07) is 0. The molecule has 0 atom stereocenters. The van der Waals surface area contributed by atoms with Crippen molar-refractivity contribution >= 4 is 7.12 Å².